The number of aromatic nitrogens is 3. The second kappa shape index (κ2) is 4.18. The van der Waals surface area contributed by atoms with Crippen molar-refractivity contribution in [2.75, 3.05) is 7.05 Å². The van der Waals surface area contributed by atoms with Gasteiger partial charge in [0, 0.05) is 0 Å². The summed E-state index contributed by atoms with van der Waals surface area (Å²) in [6.07, 6.45) is 1.46. The van der Waals surface area contributed by atoms with Crippen LogP contribution in [0, 0.1) is 5.82 Å². The van der Waals surface area contributed by atoms with E-state index in [1.54, 1.807) is 16.8 Å². The Morgan fingerprint density at radius 3 is 3.07 bits per heavy atom. The van der Waals surface area contributed by atoms with Gasteiger partial charge in [-0.25, -0.2) is 14.1 Å². The molecule has 1 heterocycles. The normalized spacial score (nSPS) is 10.5. The number of hydrogen-bond acceptors (Lipinski definition) is 3. The first kappa shape index (κ1) is 9.79. The number of halogens is 1. The molecular weight excluding hydrogens is 195 g/mol. The Bertz CT molecular complexity index is 452. The molecule has 0 aliphatic carbocycles. The van der Waals surface area contributed by atoms with Crippen LogP contribution in [0.1, 0.15) is 5.82 Å². The highest BCUT2D eigenvalue weighted by Crippen LogP contribution is 2.09. The fraction of sp³-hybridized carbons (Fsp3) is 0.200. The van der Waals surface area contributed by atoms with E-state index in [4.69, 9.17) is 0 Å². The molecule has 1 N–H and O–H groups in total. The van der Waals surface area contributed by atoms with Gasteiger partial charge >= 0.3 is 0 Å². The van der Waals surface area contributed by atoms with E-state index in [1.807, 2.05) is 7.05 Å². The van der Waals surface area contributed by atoms with Crippen LogP contribution in [0.3, 0.4) is 0 Å². The van der Waals surface area contributed by atoms with Crippen LogP contribution < -0.4 is 5.32 Å². The lowest BCUT2D eigenvalue weighted by Crippen LogP contribution is -2.12. The molecule has 0 amide bonds. The van der Waals surface area contributed by atoms with E-state index >= 15 is 0 Å². The minimum atomic E-state index is -0.279. The van der Waals surface area contributed by atoms with Crippen molar-refractivity contribution in [3.8, 4) is 5.69 Å². The highest BCUT2D eigenvalue weighted by atomic mass is 19.1. The number of nitrogens with zero attached hydrogens (tertiary/aromatic N) is 3. The largest absolute Gasteiger partial charge is 0.313 e. The minimum Gasteiger partial charge on any atom is -0.313 e. The molecule has 0 saturated heterocycles. The molecule has 78 valence electrons. The zero-order chi connectivity index (χ0) is 10.7. The van der Waals surface area contributed by atoms with Gasteiger partial charge in [-0.15, -0.1) is 0 Å². The third-order valence-electron chi connectivity index (χ3n) is 2.01. The Balaban J connectivity index is 2.40. The molecule has 0 atom stereocenters. The molecule has 5 heteroatoms. The predicted octanol–water partition coefficient (Wildman–Crippen LogP) is 1.13. The minimum absolute atomic E-state index is 0.279. The number of hydrogen-bond donors (Lipinski definition) is 1. The first-order valence-corrected chi connectivity index (χ1v) is 4.60. The lowest BCUT2D eigenvalue weighted by molar-refractivity contribution is 0.623. The van der Waals surface area contributed by atoms with Crippen molar-refractivity contribution in [2.24, 2.45) is 0 Å². The maximum Gasteiger partial charge on any atom is 0.146 e. The molecule has 0 saturated carbocycles. The third kappa shape index (κ3) is 2.02. The monoisotopic (exact) mass is 206 g/mol. The van der Waals surface area contributed by atoms with Gasteiger partial charge in [0.2, 0.25) is 0 Å². The van der Waals surface area contributed by atoms with Crippen LogP contribution in [-0.2, 0) is 6.54 Å². The summed E-state index contributed by atoms with van der Waals surface area (Å²) < 4.78 is 14.6. The molecule has 0 unspecified atom stereocenters. The van der Waals surface area contributed by atoms with Gasteiger partial charge in [0.25, 0.3) is 0 Å². The fourth-order valence-corrected chi connectivity index (χ4v) is 1.37. The van der Waals surface area contributed by atoms with E-state index in [2.05, 4.69) is 15.4 Å². The Hall–Kier alpha value is -1.75. The third-order valence-corrected chi connectivity index (χ3v) is 2.01. The van der Waals surface area contributed by atoms with Gasteiger partial charge in [0.05, 0.1) is 12.2 Å². The van der Waals surface area contributed by atoms with Crippen molar-refractivity contribution in [1.82, 2.24) is 20.1 Å². The number of benzene rings is 1. The second-order valence-corrected chi connectivity index (χ2v) is 3.10. The molecule has 0 aliphatic heterocycles. The molecule has 1 aromatic carbocycles. The molecule has 0 radical (unpaired) electrons. The summed E-state index contributed by atoms with van der Waals surface area (Å²) in [5.74, 6) is 0.474. The lowest BCUT2D eigenvalue weighted by atomic mass is 10.3. The van der Waals surface area contributed by atoms with Crippen molar-refractivity contribution in [3.63, 3.8) is 0 Å². The van der Waals surface area contributed by atoms with Crippen LogP contribution >= 0.6 is 0 Å². The predicted molar refractivity (Wildman–Crippen MR) is 54.1 cm³/mol. The highest BCUT2D eigenvalue weighted by molar-refractivity contribution is 5.31. The van der Waals surface area contributed by atoms with E-state index in [0.29, 0.717) is 12.2 Å². The Morgan fingerprint density at radius 2 is 2.33 bits per heavy atom. The second-order valence-electron chi connectivity index (χ2n) is 3.10. The smallest absolute Gasteiger partial charge is 0.146 e. The summed E-state index contributed by atoms with van der Waals surface area (Å²) in [4.78, 5) is 4.08. The average molecular weight is 206 g/mol. The van der Waals surface area contributed by atoms with Crippen LogP contribution in [0.15, 0.2) is 30.6 Å². The summed E-state index contributed by atoms with van der Waals surface area (Å²) in [5.41, 5.74) is 0.678. The van der Waals surface area contributed by atoms with Crippen molar-refractivity contribution >= 4 is 0 Å². The standard InChI is InChI=1S/C10H11FN4/c1-12-6-10-13-7-14-15(10)9-4-2-3-8(11)5-9/h2-5,7,12H,6H2,1H3. The van der Waals surface area contributed by atoms with Crippen LogP contribution in [0.25, 0.3) is 5.69 Å². The van der Waals surface area contributed by atoms with Gasteiger partial charge in [-0.3, -0.25) is 0 Å². The average Bonchev–Trinajstić information content (AvgIpc) is 2.66. The van der Waals surface area contributed by atoms with Crippen LogP contribution in [0.2, 0.25) is 0 Å². The van der Waals surface area contributed by atoms with Crippen molar-refractivity contribution in [3.05, 3.63) is 42.2 Å². The molecule has 0 fully saturated rings. The Kier molecular flexibility index (Phi) is 2.73. The highest BCUT2D eigenvalue weighted by Gasteiger charge is 2.05. The first-order valence-electron chi connectivity index (χ1n) is 4.60. The number of nitrogens with one attached hydrogen (secondary N) is 1. The molecule has 0 spiro atoms. The molecule has 2 rings (SSSR count). The molecule has 0 bridgehead atoms. The van der Waals surface area contributed by atoms with Gasteiger partial charge in [-0.1, -0.05) is 6.07 Å². The maximum atomic E-state index is 13.0. The van der Waals surface area contributed by atoms with Gasteiger partial charge < -0.3 is 5.32 Å². The Morgan fingerprint density at radius 1 is 1.47 bits per heavy atom. The molecule has 4 nitrogen and oxygen atoms in total. The first-order chi connectivity index (χ1) is 7.31. The van der Waals surface area contributed by atoms with E-state index in [9.17, 15) is 4.39 Å². The summed E-state index contributed by atoms with van der Waals surface area (Å²) in [6.45, 7) is 0.594. The van der Waals surface area contributed by atoms with E-state index in [0.717, 1.165) is 5.82 Å². The molecular formula is C10H11FN4. The van der Waals surface area contributed by atoms with E-state index in [1.165, 1.54) is 18.5 Å². The zero-order valence-corrected chi connectivity index (χ0v) is 8.31. The molecule has 0 aliphatic rings. The number of rotatable bonds is 3. The van der Waals surface area contributed by atoms with Crippen molar-refractivity contribution < 1.29 is 4.39 Å². The molecule has 15 heavy (non-hydrogen) atoms. The summed E-state index contributed by atoms with van der Waals surface area (Å²) in [7, 11) is 1.82. The van der Waals surface area contributed by atoms with E-state index in [-0.39, 0.29) is 5.82 Å². The molecule has 1 aromatic heterocycles. The summed E-state index contributed by atoms with van der Waals surface area (Å²) in [5, 5.41) is 7.02. The lowest BCUT2D eigenvalue weighted by Gasteiger charge is -2.04. The van der Waals surface area contributed by atoms with Crippen molar-refractivity contribution in [1.29, 1.82) is 0 Å². The van der Waals surface area contributed by atoms with Crippen LogP contribution in [0.4, 0.5) is 4.39 Å². The van der Waals surface area contributed by atoms with E-state index < -0.39 is 0 Å². The SMILES string of the molecule is CNCc1ncnn1-c1cccc(F)c1. The van der Waals surface area contributed by atoms with Crippen molar-refractivity contribution in [2.45, 2.75) is 6.54 Å². The zero-order valence-electron chi connectivity index (χ0n) is 8.31. The molecule has 2 aromatic rings. The summed E-state index contributed by atoms with van der Waals surface area (Å²) in [6, 6.07) is 6.26. The van der Waals surface area contributed by atoms with Gasteiger partial charge in [0.1, 0.15) is 18.0 Å². The summed E-state index contributed by atoms with van der Waals surface area (Å²) >= 11 is 0. The van der Waals surface area contributed by atoms with Crippen LogP contribution in [0.5, 0.6) is 0 Å². The fourth-order valence-electron chi connectivity index (χ4n) is 1.37. The van der Waals surface area contributed by atoms with Crippen LogP contribution in [-0.4, -0.2) is 21.8 Å². The quantitative estimate of drug-likeness (QED) is 0.818. The topological polar surface area (TPSA) is 42.7 Å². The Labute approximate surface area is 86.8 Å². The van der Waals surface area contributed by atoms with Gasteiger partial charge in [-0.05, 0) is 25.2 Å². The maximum absolute atomic E-state index is 13.0. The van der Waals surface area contributed by atoms with Gasteiger partial charge in [0.15, 0.2) is 0 Å². The van der Waals surface area contributed by atoms with Gasteiger partial charge in [-0.2, -0.15) is 5.10 Å².